The Labute approximate surface area is 55.9 Å². The van der Waals surface area contributed by atoms with Crippen molar-refractivity contribution in [3.05, 3.63) is 5.51 Å². The predicted molar refractivity (Wildman–Crippen MR) is 34.2 cm³/mol. The molecule has 0 aliphatic heterocycles. The van der Waals surface area contributed by atoms with E-state index in [2.05, 4.69) is 15.5 Å². The quantitative estimate of drug-likeness (QED) is 0.622. The molecule has 0 fully saturated rings. The van der Waals surface area contributed by atoms with Crippen LogP contribution in [-0.2, 0) is 4.79 Å². The molecule has 0 aliphatic carbocycles. The molecule has 0 aromatic carbocycles. The maximum Gasteiger partial charge on any atom is 0.223 e. The van der Waals surface area contributed by atoms with E-state index >= 15 is 0 Å². The Kier molecular flexibility index (Phi) is 1.74. The van der Waals surface area contributed by atoms with Crippen LogP contribution in [0.1, 0.15) is 6.92 Å². The summed E-state index contributed by atoms with van der Waals surface area (Å²) in [5.41, 5.74) is 1.56. The van der Waals surface area contributed by atoms with Crippen molar-refractivity contribution in [2.75, 3.05) is 5.32 Å². The second-order valence-electron chi connectivity index (χ2n) is 1.43. The maximum absolute atomic E-state index is 10.3. The molecular weight excluding hydrogens is 138 g/mol. The largest absolute Gasteiger partial charge is 0.301 e. The van der Waals surface area contributed by atoms with Gasteiger partial charge in [0, 0.05) is 6.92 Å². The minimum absolute atomic E-state index is 0.119. The first kappa shape index (κ1) is 6.15. The first-order chi connectivity index (χ1) is 4.29. The molecule has 0 bridgehead atoms. The van der Waals surface area contributed by atoms with Crippen molar-refractivity contribution >= 4 is 22.4 Å². The molecule has 48 valence electrons. The van der Waals surface area contributed by atoms with Gasteiger partial charge in [-0.25, -0.2) is 0 Å². The summed E-state index contributed by atoms with van der Waals surface area (Å²) in [7, 11) is 0. The first-order valence-electron chi connectivity index (χ1n) is 2.33. The molecule has 4 nitrogen and oxygen atoms in total. The minimum atomic E-state index is -0.119. The molecule has 0 saturated carbocycles. The van der Waals surface area contributed by atoms with Gasteiger partial charge in [0.2, 0.25) is 11.0 Å². The zero-order valence-corrected chi connectivity index (χ0v) is 5.60. The Bertz CT molecular complexity index is 196. The van der Waals surface area contributed by atoms with Crippen LogP contribution in [0.25, 0.3) is 0 Å². The highest BCUT2D eigenvalue weighted by Crippen LogP contribution is 2.06. The van der Waals surface area contributed by atoms with Gasteiger partial charge in [-0.2, -0.15) is 0 Å². The summed E-state index contributed by atoms with van der Waals surface area (Å²) in [6.07, 6.45) is 0. The monoisotopic (exact) mass is 143 g/mol. The van der Waals surface area contributed by atoms with E-state index in [1.165, 1.54) is 18.3 Å². The molecule has 1 rings (SSSR count). The molecule has 1 amide bonds. The van der Waals surface area contributed by atoms with Crippen molar-refractivity contribution in [1.82, 2.24) is 10.2 Å². The lowest BCUT2D eigenvalue weighted by molar-refractivity contribution is -0.114. The van der Waals surface area contributed by atoms with E-state index in [4.69, 9.17) is 0 Å². The van der Waals surface area contributed by atoms with Gasteiger partial charge >= 0.3 is 0 Å². The van der Waals surface area contributed by atoms with Gasteiger partial charge in [-0.1, -0.05) is 11.3 Å². The summed E-state index contributed by atoms with van der Waals surface area (Å²) in [4.78, 5) is 10.3. The molecule has 0 aliphatic rings. The van der Waals surface area contributed by atoms with Crippen molar-refractivity contribution in [2.45, 2.75) is 6.92 Å². The summed E-state index contributed by atoms with van der Waals surface area (Å²) in [6, 6.07) is 0. The van der Waals surface area contributed by atoms with Crippen molar-refractivity contribution in [3.8, 4) is 0 Å². The van der Waals surface area contributed by atoms with E-state index in [-0.39, 0.29) is 5.91 Å². The molecule has 1 heterocycles. The highest BCUT2D eigenvalue weighted by molar-refractivity contribution is 7.13. The summed E-state index contributed by atoms with van der Waals surface area (Å²) in [5.74, 6) is -0.119. The van der Waals surface area contributed by atoms with Crippen molar-refractivity contribution < 1.29 is 4.79 Å². The third-order valence-electron chi connectivity index (χ3n) is 0.643. The topological polar surface area (TPSA) is 54.9 Å². The van der Waals surface area contributed by atoms with Gasteiger partial charge in [-0.15, -0.1) is 10.2 Å². The van der Waals surface area contributed by atoms with E-state index in [9.17, 15) is 4.79 Å². The zero-order chi connectivity index (χ0) is 6.69. The number of carbonyl (C=O) groups is 1. The summed E-state index contributed by atoms with van der Waals surface area (Å²) in [5, 5.41) is 10.2. The van der Waals surface area contributed by atoms with E-state index in [0.29, 0.717) is 5.13 Å². The summed E-state index contributed by atoms with van der Waals surface area (Å²) >= 11 is 1.30. The molecule has 9 heavy (non-hydrogen) atoms. The van der Waals surface area contributed by atoms with Crippen LogP contribution >= 0.6 is 11.3 Å². The molecular formula is C4H5N3OS. The molecule has 1 aromatic rings. The molecule has 0 atom stereocenters. The second kappa shape index (κ2) is 2.54. The fourth-order valence-electron chi connectivity index (χ4n) is 0.378. The van der Waals surface area contributed by atoms with Gasteiger partial charge in [0.1, 0.15) is 5.51 Å². The average Bonchev–Trinajstić information content (AvgIpc) is 2.15. The Morgan fingerprint density at radius 3 is 3.11 bits per heavy atom. The lowest BCUT2D eigenvalue weighted by Gasteiger charge is -1.89. The average molecular weight is 143 g/mol. The molecule has 1 N–H and O–H groups in total. The van der Waals surface area contributed by atoms with Crippen molar-refractivity contribution in [3.63, 3.8) is 0 Å². The Morgan fingerprint density at radius 1 is 1.89 bits per heavy atom. The normalized spacial score (nSPS) is 9.00. The highest BCUT2D eigenvalue weighted by Gasteiger charge is 1.95. The fourth-order valence-corrected chi connectivity index (χ4v) is 0.869. The number of nitrogens with one attached hydrogen (secondary N) is 1. The third kappa shape index (κ3) is 1.77. The van der Waals surface area contributed by atoms with Crippen LogP contribution in [-0.4, -0.2) is 16.1 Å². The van der Waals surface area contributed by atoms with Crippen LogP contribution in [0.4, 0.5) is 5.13 Å². The minimum Gasteiger partial charge on any atom is -0.301 e. The number of hydrogen-bond donors (Lipinski definition) is 1. The number of rotatable bonds is 1. The molecule has 0 saturated heterocycles. The first-order valence-corrected chi connectivity index (χ1v) is 3.21. The predicted octanol–water partition coefficient (Wildman–Crippen LogP) is 0.496. The number of anilines is 1. The molecule has 0 radical (unpaired) electrons. The van der Waals surface area contributed by atoms with E-state index in [1.807, 2.05) is 0 Å². The second-order valence-corrected chi connectivity index (χ2v) is 2.26. The van der Waals surface area contributed by atoms with Crippen LogP contribution in [0, 0.1) is 0 Å². The SMILES string of the molecule is CC(=O)Nc1nncs1. The lowest BCUT2D eigenvalue weighted by atomic mass is 10.7. The lowest BCUT2D eigenvalue weighted by Crippen LogP contribution is -2.04. The van der Waals surface area contributed by atoms with Crippen molar-refractivity contribution in [2.24, 2.45) is 0 Å². The Hall–Kier alpha value is -0.970. The van der Waals surface area contributed by atoms with Crippen LogP contribution in [0.3, 0.4) is 0 Å². The Balaban J connectivity index is 2.58. The van der Waals surface area contributed by atoms with Crippen LogP contribution in [0.2, 0.25) is 0 Å². The summed E-state index contributed by atoms with van der Waals surface area (Å²) < 4.78 is 0. The van der Waals surface area contributed by atoms with Crippen LogP contribution in [0.5, 0.6) is 0 Å². The van der Waals surface area contributed by atoms with Gasteiger partial charge in [0.15, 0.2) is 0 Å². The van der Waals surface area contributed by atoms with Crippen LogP contribution in [0.15, 0.2) is 5.51 Å². The van der Waals surface area contributed by atoms with Gasteiger partial charge in [-0.05, 0) is 0 Å². The summed E-state index contributed by atoms with van der Waals surface area (Å²) in [6.45, 7) is 1.43. The molecule has 5 heteroatoms. The smallest absolute Gasteiger partial charge is 0.223 e. The standard InChI is InChI=1S/C4H5N3OS/c1-3(8)6-4-7-5-2-9-4/h2H,1H3,(H,6,7,8). The number of carbonyl (C=O) groups excluding carboxylic acids is 1. The fraction of sp³-hybridized carbons (Fsp3) is 0.250. The number of hydrogen-bond acceptors (Lipinski definition) is 4. The van der Waals surface area contributed by atoms with E-state index < -0.39 is 0 Å². The van der Waals surface area contributed by atoms with Gasteiger partial charge in [0.25, 0.3) is 0 Å². The van der Waals surface area contributed by atoms with Crippen LogP contribution < -0.4 is 5.32 Å². The van der Waals surface area contributed by atoms with Crippen molar-refractivity contribution in [1.29, 1.82) is 0 Å². The third-order valence-corrected chi connectivity index (χ3v) is 1.25. The van der Waals surface area contributed by atoms with E-state index in [0.717, 1.165) is 0 Å². The van der Waals surface area contributed by atoms with E-state index in [1.54, 1.807) is 5.51 Å². The van der Waals surface area contributed by atoms with Gasteiger partial charge in [0.05, 0.1) is 0 Å². The molecule has 1 aromatic heterocycles. The maximum atomic E-state index is 10.3. The van der Waals surface area contributed by atoms with Gasteiger partial charge < -0.3 is 5.32 Å². The molecule has 0 spiro atoms. The highest BCUT2D eigenvalue weighted by atomic mass is 32.1. The number of nitrogens with zero attached hydrogens (tertiary/aromatic N) is 2. The Morgan fingerprint density at radius 2 is 2.67 bits per heavy atom. The van der Waals surface area contributed by atoms with Gasteiger partial charge in [-0.3, -0.25) is 4.79 Å². The molecule has 0 unspecified atom stereocenters. The zero-order valence-electron chi connectivity index (χ0n) is 4.79. The number of amides is 1. The number of aromatic nitrogens is 2.